The fraction of sp³-hybridized carbons (Fsp3) is 0.0392. The highest BCUT2D eigenvalue weighted by Crippen LogP contribution is 2.37. The van der Waals surface area contributed by atoms with Gasteiger partial charge in [0.15, 0.2) is 17.5 Å². The molecule has 0 bridgehead atoms. The van der Waals surface area contributed by atoms with Crippen LogP contribution in [-0.2, 0) is 0 Å². The Kier molecular flexibility index (Phi) is 7.56. The van der Waals surface area contributed by atoms with E-state index in [1.165, 1.54) is 33.1 Å². The maximum absolute atomic E-state index is 6.30. The first kappa shape index (κ1) is 32.1. The number of rotatable bonds is 6. The highest BCUT2D eigenvalue weighted by molar-refractivity contribution is 6.11. The topological polar surface area (TPSA) is 56.7 Å². The molecule has 10 aromatic rings. The molecule has 0 radical (unpaired) electrons. The summed E-state index contributed by atoms with van der Waals surface area (Å²) >= 11 is 0. The summed E-state index contributed by atoms with van der Waals surface area (Å²) in [6.07, 6.45) is 8.90. The molecule has 3 aromatic heterocycles. The summed E-state index contributed by atoms with van der Waals surface area (Å²) < 4.78 is 8.67. The van der Waals surface area contributed by atoms with Crippen molar-refractivity contribution in [3.8, 4) is 56.4 Å². The van der Waals surface area contributed by atoms with Crippen molar-refractivity contribution in [2.45, 2.75) is 12.8 Å². The second kappa shape index (κ2) is 13.2. The van der Waals surface area contributed by atoms with E-state index in [-0.39, 0.29) is 0 Å². The minimum absolute atomic E-state index is 0.588. The minimum Gasteiger partial charge on any atom is -0.456 e. The third-order valence-corrected chi connectivity index (χ3v) is 10.9. The first-order valence-electron chi connectivity index (χ1n) is 19.1. The maximum atomic E-state index is 6.30. The Morgan fingerprint density at radius 2 is 0.964 bits per heavy atom. The molecule has 0 N–H and O–H groups in total. The van der Waals surface area contributed by atoms with Gasteiger partial charge in [-0.05, 0) is 77.6 Å². The fourth-order valence-corrected chi connectivity index (χ4v) is 8.10. The maximum Gasteiger partial charge on any atom is 0.164 e. The van der Waals surface area contributed by atoms with E-state index in [1.54, 1.807) is 0 Å². The molecule has 3 heterocycles. The molecular weight excluding hydrogens is 685 g/mol. The quantitative estimate of drug-likeness (QED) is 0.172. The lowest BCUT2D eigenvalue weighted by molar-refractivity contribution is 0.669. The lowest BCUT2D eigenvalue weighted by atomic mass is 9.98. The van der Waals surface area contributed by atoms with Crippen molar-refractivity contribution in [1.29, 1.82) is 0 Å². The van der Waals surface area contributed by atoms with E-state index >= 15 is 0 Å². The number of aromatic nitrogens is 4. The molecular formula is C51H34N4O. The van der Waals surface area contributed by atoms with E-state index in [4.69, 9.17) is 19.4 Å². The summed E-state index contributed by atoms with van der Waals surface area (Å²) in [6.45, 7) is 0. The van der Waals surface area contributed by atoms with Crippen molar-refractivity contribution in [3.05, 3.63) is 182 Å². The van der Waals surface area contributed by atoms with Crippen molar-refractivity contribution in [2.75, 3.05) is 0 Å². The zero-order valence-corrected chi connectivity index (χ0v) is 30.4. The predicted octanol–water partition coefficient (Wildman–Crippen LogP) is 13.4. The van der Waals surface area contributed by atoms with E-state index in [0.717, 1.165) is 68.1 Å². The van der Waals surface area contributed by atoms with Crippen LogP contribution in [0.5, 0.6) is 0 Å². The third kappa shape index (κ3) is 5.52. The molecule has 0 fully saturated rings. The van der Waals surface area contributed by atoms with Gasteiger partial charge in [-0.2, -0.15) is 0 Å². The van der Waals surface area contributed by atoms with Crippen LogP contribution in [0.3, 0.4) is 0 Å². The van der Waals surface area contributed by atoms with E-state index in [9.17, 15) is 0 Å². The van der Waals surface area contributed by atoms with Gasteiger partial charge in [0.2, 0.25) is 0 Å². The summed E-state index contributed by atoms with van der Waals surface area (Å²) in [6, 6.07) is 57.3. The van der Waals surface area contributed by atoms with Gasteiger partial charge in [0.25, 0.3) is 0 Å². The Bertz CT molecular complexity index is 3190. The number of hydrogen-bond acceptors (Lipinski definition) is 4. The SMILES string of the molecule is C1=CC(n2c3ccccc3c3ccc(-c4nc(-c5ccc(-c6cccc(-c7ccccc7)c6)cc5)nc(-c5ccc6c(c5)oc5ccccc56)n4)cc32)=CCC1. The van der Waals surface area contributed by atoms with Crippen molar-refractivity contribution in [1.82, 2.24) is 19.5 Å². The van der Waals surface area contributed by atoms with Gasteiger partial charge in [-0.3, -0.25) is 0 Å². The predicted molar refractivity (Wildman–Crippen MR) is 230 cm³/mol. The van der Waals surface area contributed by atoms with Crippen LogP contribution in [0.2, 0.25) is 0 Å². The van der Waals surface area contributed by atoms with Gasteiger partial charge in [0, 0.05) is 43.9 Å². The normalized spacial score (nSPS) is 12.9. The molecule has 11 rings (SSSR count). The van der Waals surface area contributed by atoms with Crippen molar-refractivity contribution in [2.24, 2.45) is 0 Å². The van der Waals surface area contributed by atoms with Crippen LogP contribution in [0, 0.1) is 0 Å². The monoisotopic (exact) mass is 718 g/mol. The lowest BCUT2D eigenvalue weighted by Gasteiger charge is -2.13. The van der Waals surface area contributed by atoms with Gasteiger partial charge in [-0.1, -0.05) is 140 Å². The van der Waals surface area contributed by atoms with E-state index in [0.29, 0.717) is 17.5 Å². The van der Waals surface area contributed by atoms with Gasteiger partial charge >= 0.3 is 0 Å². The molecule has 0 amide bonds. The average molecular weight is 719 g/mol. The Morgan fingerprint density at radius 3 is 1.73 bits per heavy atom. The van der Waals surface area contributed by atoms with Gasteiger partial charge in [-0.15, -0.1) is 0 Å². The lowest BCUT2D eigenvalue weighted by Crippen LogP contribution is -2.01. The summed E-state index contributed by atoms with van der Waals surface area (Å²) in [5.41, 5.74) is 12.5. The number of para-hydroxylation sites is 2. The zero-order chi connectivity index (χ0) is 37.0. The molecule has 0 saturated carbocycles. The van der Waals surface area contributed by atoms with E-state index in [1.807, 2.05) is 30.3 Å². The molecule has 0 unspecified atom stereocenters. The zero-order valence-electron chi connectivity index (χ0n) is 30.4. The minimum atomic E-state index is 0.588. The second-order valence-corrected chi connectivity index (χ2v) is 14.3. The number of allylic oxidation sites excluding steroid dienone is 4. The average Bonchev–Trinajstić information content (AvgIpc) is 3.82. The summed E-state index contributed by atoms with van der Waals surface area (Å²) in [7, 11) is 0. The number of furan rings is 1. The molecule has 0 aliphatic heterocycles. The standard InChI is InChI=1S/C51H34N4O/c1-3-12-33(13-4-1)36-14-11-15-37(30-36)34-22-24-35(25-23-34)49-52-50(54-51(53-49)39-27-29-44-43-19-8-10-21-47(43)56-48(44)32-39)38-26-28-42-41-18-7-9-20-45(41)55(46(42)31-38)40-16-5-2-6-17-40/h1,3-5,7-32H,2,6H2. The van der Waals surface area contributed by atoms with Crippen LogP contribution in [0.25, 0.3) is 106 Å². The molecule has 264 valence electrons. The largest absolute Gasteiger partial charge is 0.456 e. The van der Waals surface area contributed by atoms with Gasteiger partial charge in [0.1, 0.15) is 11.2 Å². The van der Waals surface area contributed by atoms with Gasteiger partial charge < -0.3 is 8.98 Å². The Morgan fingerprint density at radius 1 is 0.393 bits per heavy atom. The molecule has 5 heteroatoms. The Hall–Kier alpha value is -7.37. The van der Waals surface area contributed by atoms with Crippen molar-refractivity contribution >= 4 is 49.4 Å². The van der Waals surface area contributed by atoms with Crippen molar-refractivity contribution < 1.29 is 4.42 Å². The van der Waals surface area contributed by atoms with Crippen LogP contribution < -0.4 is 0 Å². The smallest absolute Gasteiger partial charge is 0.164 e. The van der Waals surface area contributed by atoms with Crippen molar-refractivity contribution in [3.63, 3.8) is 0 Å². The first-order chi connectivity index (χ1) is 27.7. The molecule has 0 atom stereocenters. The van der Waals surface area contributed by atoms with Gasteiger partial charge in [-0.25, -0.2) is 15.0 Å². The molecule has 56 heavy (non-hydrogen) atoms. The van der Waals surface area contributed by atoms with Crippen LogP contribution in [0.15, 0.2) is 186 Å². The third-order valence-electron chi connectivity index (χ3n) is 10.9. The highest BCUT2D eigenvalue weighted by atomic mass is 16.3. The fourth-order valence-electron chi connectivity index (χ4n) is 8.10. The van der Waals surface area contributed by atoms with Crippen LogP contribution in [0.4, 0.5) is 0 Å². The molecule has 5 nitrogen and oxygen atoms in total. The first-order valence-corrected chi connectivity index (χ1v) is 19.1. The summed E-state index contributed by atoms with van der Waals surface area (Å²) in [5.74, 6) is 1.81. The highest BCUT2D eigenvalue weighted by Gasteiger charge is 2.18. The number of fused-ring (bicyclic) bond motifs is 6. The second-order valence-electron chi connectivity index (χ2n) is 14.3. The molecule has 0 saturated heterocycles. The van der Waals surface area contributed by atoms with Crippen LogP contribution >= 0.6 is 0 Å². The van der Waals surface area contributed by atoms with Crippen LogP contribution in [0.1, 0.15) is 12.8 Å². The Balaban J connectivity index is 1.06. The summed E-state index contributed by atoms with van der Waals surface area (Å²) in [4.78, 5) is 15.5. The number of hydrogen-bond donors (Lipinski definition) is 0. The van der Waals surface area contributed by atoms with Gasteiger partial charge in [0.05, 0.1) is 11.0 Å². The van der Waals surface area contributed by atoms with Crippen LogP contribution in [-0.4, -0.2) is 19.5 Å². The molecule has 0 spiro atoms. The number of nitrogens with zero attached hydrogens (tertiary/aromatic N) is 4. The number of benzene rings is 7. The Labute approximate surface area is 323 Å². The molecule has 1 aliphatic carbocycles. The van der Waals surface area contributed by atoms with E-state index < -0.39 is 0 Å². The van der Waals surface area contributed by atoms with E-state index in [2.05, 4.69) is 156 Å². The summed E-state index contributed by atoms with van der Waals surface area (Å²) in [5, 5.41) is 4.57. The molecule has 1 aliphatic rings. The molecule has 7 aromatic carbocycles.